The van der Waals surface area contributed by atoms with E-state index in [1.54, 1.807) is 5.56 Å². The topological polar surface area (TPSA) is 12.0 Å². The summed E-state index contributed by atoms with van der Waals surface area (Å²) in [6, 6.07) is 9.61. The van der Waals surface area contributed by atoms with Gasteiger partial charge in [0.25, 0.3) is 0 Å². The minimum atomic E-state index is 0.633. The first kappa shape index (κ1) is 12.1. The molecule has 1 fully saturated rings. The molecule has 1 aliphatic heterocycles. The van der Waals surface area contributed by atoms with Crippen molar-refractivity contribution in [2.45, 2.75) is 63.8 Å². The van der Waals surface area contributed by atoms with Gasteiger partial charge in [0.1, 0.15) is 0 Å². The van der Waals surface area contributed by atoms with Gasteiger partial charge in [-0.2, -0.15) is 0 Å². The lowest BCUT2D eigenvalue weighted by Crippen LogP contribution is -2.29. The van der Waals surface area contributed by atoms with Gasteiger partial charge in [-0.1, -0.05) is 43.9 Å². The fraction of sp³-hybridized carbons (Fsp3) is 0.647. The van der Waals surface area contributed by atoms with Crippen molar-refractivity contribution in [3.63, 3.8) is 0 Å². The SMILES string of the molecule is CC1CC(C2CCCCCC2)c2ccccc2N1. The predicted molar refractivity (Wildman–Crippen MR) is 78.1 cm³/mol. The molecule has 1 nitrogen and oxygen atoms in total. The third-order valence-corrected chi connectivity index (χ3v) is 4.84. The smallest absolute Gasteiger partial charge is 0.0377 e. The Labute approximate surface area is 111 Å². The van der Waals surface area contributed by atoms with Crippen LogP contribution in [0.3, 0.4) is 0 Å². The van der Waals surface area contributed by atoms with E-state index in [1.165, 1.54) is 50.6 Å². The third kappa shape index (κ3) is 2.41. The molecular weight excluding hydrogens is 218 g/mol. The van der Waals surface area contributed by atoms with Gasteiger partial charge in [-0.3, -0.25) is 0 Å². The first-order chi connectivity index (χ1) is 8.84. The maximum Gasteiger partial charge on any atom is 0.0377 e. The zero-order valence-electron chi connectivity index (χ0n) is 11.5. The molecule has 0 saturated heterocycles. The summed E-state index contributed by atoms with van der Waals surface area (Å²) in [6.45, 7) is 2.33. The molecule has 18 heavy (non-hydrogen) atoms. The number of anilines is 1. The van der Waals surface area contributed by atoms with Gasteiger partial charge in [0, 0.05) is 11.7 Å². The van der Waals surface area contributed by atoms with Crippen LogP contribution in [-0.2, 0) is 0 Å². The molecule has 1 heteroatoms. The van der Waals surface area contributed by atoms with Crippen LogP contribution in [0, 0.1) is 5.92 Å². The van der Waals surface area contributed by atoms with Gasteiger partial charge in [-0.15, -0.1) is 0 Å². The van der Waals surface area contributed by atoms with E-state index in [2.05, 4.69) is 36.5 Å². The van der Waals surface area contributed by atoms with Crippen LogP contribution in [0.1, 0.15) is 63.4 Å². The van der Waals surface area contributed by atoms with Gasteiger partial charge in [0.15, 0.2) is 0 Å². The van der Waals surface area contributed by atoms with E-state index in [4.69, 9.17) is 0 Å². The number of rotatable bonds is 1. The first-order valence-corrected chi connectivity index (χ1v) is 7.70. The second-order valence-corrected chi connectivity index (χ2v) is 6.23. The van der Waals surface area contributed by atoms with Gasteiger partial charge in [-0.25, -0.2) is 0 Å². The molecule has 1 aromatic carbocycles. The summed E-state index contributed by atoms with van der Waals surface area (Å²) >= 11 is 0. The first-order valence-electron chi connectivity index (χ1n) is 7.70. The summed E-state index contributed by atoms with van der Waals surface area (Å²) in [5, 5.41) is 3.64. The molecule has 0 bridgehead atoms. The van der Waals surface area contributed by atoms with Crippen molar-refractivity contribution in [1.29, 1.82) is 0 Å². The van der Waals surface area contributed by atoms with Crippen molar-refractivity contribution in [3.05, 3.63) is 29.8 Å². The Morgan fingerprint density at radius 1 is 1.00 bits per heavy atom. The third-order valence-electron chi connectivity index (χ3n) is 4.84. The molecule has 98 valence electrons. The van der Waals surface area contributed by atoms with Gasteiger partial charge < -0.3 is 5.32 Å². The Morgan fingerprint density at radius 2 is 1.72 bits per heavy atom. The van der Waals surface area contributed by atoms with Gasteiger partial charge in [0.05, 0.1) is 0 Å². The van der Waals surface area contributed by atoms with Gasteiger partial charge in [-0.05, 0) is 49.7 Å². The van der Waals surface area contributed by atoms with Crippen molar-refractivity contribution >= 4 is 5.69 Å². The van der Waals surface area contributed by atoms with Crippen molar-refractivity contribution in [1.82, 2.24) is 0 Å². The zero-order chi connectivity index (χ0) is 12.4. The number of hydrogen-bond donors (Lipinski definition) is 1. The molecule has 2 aliphatic rings. The van der Waals surface area contributed by atoms with Crippen LogP contribution in [0.4, 0.5) is 5.69 Å². The van der Waals surface area contributed by atoms with Gasteiger partial charge in [0.2, 0.25) is 0 Å². The maximum atomic E-state index is 3.64. The van der Waals surface area contributed by atoms with Crippen LogP contribution < -0.4 is 5.32 Å². The number of nitrogens with one attached hydrogen (secondary N) is 1. The lowest BCUT2D eigenvalue weighted by Gasteiger charge is -2.36. The minimum absolute atomic E-state index is 0.633. The van der Waals surface area contributed by atoms with Crippen LogP contribution in [0.15, 0.2) is 24.3 Å². The standard InChI is InChI=1S/C17H25N/c1-13-12-16(14-8-4-2-3-5-9-14)15-10-6-7-11-17(15)18-13/h6-7,10-11,13-14,16,18H,2-5,8-9,12H2,1H3. The highest BCUT2D eigenvalue weighted by molar-refractivity contribution is 5.55. The summed E-state index contributed by atoms with van der Waals surface area (Å²) in [5.41, 5.74) is 2.98. The Kier molecular flexibility index (Phi) is 3.58. The molecule has 2 atom stereocenters. The fourth-order valence-electron chi connectivity index (χ4n) is 3.94. The molecular formula is C17H25N. The number of hydrogen-bond acceptors (Lipinski definition) is 1. The van der Waals surface area contributed by atoms with Crippen LogP contribution in [0.2, 0.25) is 0 Å². The van der Waals surface area contributed by atoms with E-state index in [1.807, 2.05) is 0 Å². The van der Waals surface area contributed by atoms with E-state index >= 15 is 0 Å². The normalized spacial score (nSPS) is 29.2. The van der Waals surface area contributed by atoms with Gasteiger partial charge >= 0.3 is 0 Å². The Bertz CT molecular complexity index is 390. The van der Waals surface area contributed by atoms with Crippen LogP contribution >= 0.6 is 0 Å². The minimum Gasteiger partial charge on any atom is -0.382 e. The summed E-state index contributed by atoms with van der Waals surface area (Å²) in [5.74, 6) is 1.73. The second-order valence-electron chi connectivity index (χ2n) is 6.23. The maximum absolute atomic E-state index is 3.64. The number of fused-ring (bicyclic) bond motifs is 1. The summed E-state index contributed by atoms with van der Waals surface area (Å²) in [6.07, 6.45) is 10.0. The van der Waals surface area contributed by atoms with E-state index < -0.39 is 0 Å². The molecule has 3 rings (SSSR count). The monoisotopic (exact) mass is 243 g/mol. The van der Waals surface area contributed by atoms with Crippen LogP contribution in [0.25, 0.3) is 0 Å². The molecule has 1 aromatic rings. The van der Waals surface area contributed by atoms with Crippen LogP contribution in [0.5, 0.6) is 0 Å². The largest absolute Gasteiger partial charge is 0.382 e. The van der Waals surface area contributed by atoms with Crippen molar-refractivity contribution < 1.29 is 0 Å². The average Bonchev–Trinajstić information content (AvgIpc) is 2.66. The highest BCUT2D eigenvalue weighted by atomic mass is 14.9. The van der Waals surface area contributed by atoms with Crippen molar-refractivity contribution in [3.8, 4) is 0 Å². The Hall–Kier alpha value is -0.980. The average molecular weight is 243 g/mol. The molecule has 1 heterocycles. The zero-order valence-corrected chi connectivity index (χ0v) is 11.5. The molecule has 2 unspecified atom stereocenters. The molecule has 0 aromatic heterocycles. The predicted octanol–water partition coefficient (Wildman–Crippen LogP) is 4.94. The summed E-state index contributed by atoms with van der Waals surface area (Å²) in [4.78, 5) is 0. The summed E-state index contributed by atoms with van der Waals surface area (Å²) in [7, 11) is 0. The second kappa shape index (κ2) is 5.34. The van der Waals surface area contributed by atoms with E-state index in [-0.39, 0.29) is 0 Å². The lowest BCUT2D eigenvalue weighted by molar-refractivity contribution is 0.343. The van der Waals surface area contributed by atoms with E-state index in [9.17, 15) is 0 Å². The Balaban J connectivity index is 1.86. The molecule has 0 amide bonds. The van der Waals surface area contributed by atoms with Crippen molar-refractivity contribution in [2.75, 3.05) is 5.32 Å². The molecule has 0 radical (unpaired) electrons. The molecule has 1 N–H and O–H groups in total. The summed E-state index contributed by atoms with van der Waals surface area (Å²) < 4.78 is 0. The number of para-hydroxylation sites is 1. The van der Waals surface area contributed by atoms with E-state index in [0.29, 0.717) is 6.04 Å². The molecule has 1 saturated carbocycles. The van der Waals surface area contributed by atoms with Crippen LogP contribution in [-0.4, -0.2) is 6.04 Å². The highest BCUT2D eigenvalue weighted by Gasteiger charge is 2.30. The highest BCUT2D eigenvalue weighted by Crippen LogP contribution is 2.43. The quantitative estimate of drug-likeness (QED) is 0.688. The lowest BCUT2D eigenvalue weighted by atomic mass is 9.75. The molecule has 0 spiro atoms. The Morgan fingerprint density at radius 3 is 2.50 bits per heavy atom. The number of benzene rings is 1. The van der Waals surface area contributed by atoms with E-state index in [0.717, 1.165) is 11.8 Å². The molecule has 1 aliphatic carbocycles. The van der Waals surface area contributed by atoms with Crippen molar-refractivity contribution in [2.24, 2.45) is 5.92 Å². The fourth-order valence-corrected chi connectivity index (χ4v) is 3.94.